The van der Waals surface area contributed by atoms with Crippen molar-refractivity contribution < 1.29 is 23.6 Å². The molecule has 0 bridgehead atoms. The highest BCUT2D eigenvalue weighted by molar-refractivity contribution is 5.95. The van der Waals surface area contributed by atoms with Gasteiger partial charge >= 0.3 is 0 Å². The monoisotopic (exact) mass is 401 g/mol. The van der Waals surface area contributed by atoms with Crippen molar-refractivity contribution in [1.29, 1.82) is 0 Å². The molecule has 1 aromatic carbocycles. The third-order valence-corrected chi connectivity index (χ3v) is 5.37. The van der Waals surface area contributed by atoms with Gasteiger partial charge in [0, 0.05) is 43.4 Å². The number of methoxy groups -OCH3 is 2. The maximum Gasteiger partial charge on any atom is 0.254 e. The normalized spacial score (nSPS) is 15.2. The van der Waals surface area contributed by atoms with Gasteiger partial charge in [-0.2, -0.15) is 0 Å². The third kappa shape index (κ3) is 4.21. The van der Waals surface area contributed by atoms with Crippen molar-refractivity contribution in [1.82, 2.24) is 15.0 Å². The van der Waals surface area contributed by atoms with Crippen LogP contribution in [-0.4, -0.2) is 67.2 Å². The number of rotatable bonds is 5. The summed E-state index contributed by atoms with van der Waals surface area (Å²) >= 11 is 0. The van der Waals surface area contributed by atoms with Crippen LogP contribution in [0.5, 0.6) is 11.5 Å². The van der Waals surface area contributed by atoms with Crippen LogP contribution in [0.3, 0.4) is 0 Å². The summed E-state index contributed by atoms with van der Waals surface area (Å²) in [6, 6.07) is 5.12. The second kappa shape index (κ2) is 8.55. The van der Waals surface area contributed by atoms with Gasteiger partial charge in [-0.3, -0.25) is 9.59 Å². The molecule has 1 aliphatic heterocycles. The SMILES string of the molecule is COc1cc(OC)cc(C(=O)N2CCN(C(=O)C(C)c3c(C)noc3C)CC2)c1. The van der Waals surface area contributed by atoms with Crippen LogP contribution < -0.4 is 9.47 Å². The van der Waals surface area contributed by atoms with Gasteiger partial charge in [-0.25, -0.2) is 0 Å². The van der Waals surface area contributed by atoms with Gasteiger partial charge in [-0.15, -0.1) is 0 Å². The molecule has 1 saturated heterocycles. The summed E-state index contributed by atoms with van der Waals surface area (Å²) in [4.78, 5) is 29.4. The van der Waals surface area contributed by atoms with E-state index in [1.165, 1.54) is 0 Å². The molecule has 8 heteroatoms. The summed E-state index contributed by atoms with van der Waals surface area (Å²) in [5.41, 5.74) is 2.09. The minimum Gasteiger partial charge on any atom is -0.497 e. The number of aryl methyl sites for hydroxylation is 2. The van der Waals surface area contributed by atoms with Gasteiger partial charge in [0.25, 0.3) is 5.91 Å². The molecule has 0 saturated carbocycles. The quantitative estimate of drug-likeness (QED) is 0.765. The molecule has 1 fully saturated rings. The second-order valence-electron chi connectivity index (χ2n) is 7.18. The molecule has 8 nitrogen and oxygen atoms in total. The molecule has 0 aliphatic carbocycles. The predicted molar refractivity (Wildman–Crippen MR) is 106 cm³/mol. The van der Waals surface area contributed by atoms with Crippen molar-refractivity contribution in [3.63, 3.8) is 0 Å². The smallest absolute Gasteiger partial charge is 0.254 e. The number of ether oxygens (including phenoxy) is 2. The molecule has 0 N–H and O–H groups in total. The third-order valence-electron chi connectivity index (χ3n) is 5.37. The molecule has 29 heavy (non-hydrogen) atoms. The van der Waals surface area contributed by atoms with Crippen molar-refractivity contribution in [2.75, 3.05) is 40.4 Å². The fourth-order valence-electron chi connectivity index (χ4n) is 3.75. The summed E-state index contributed by atoms with van der Waals surface area (Å²) in [5, 5.41) is 3.94. The molecule has 1 atom stereocenters. The Morgan fingerprint density at radius 1 is 1.00 bits per heavy atom. The van der Waals surface area contributed by atoms with Gasteiger partial charge < -0.3 is 23.8 Å². The van der Waals surface area contributed by atoms with E-state index in [2.05, 4.69) is 5.16 Å². The highest BCUT2D eigenvalue weighted by Crippen LogP contribution is 2.26. The highest BCUT2D eigenvalue weighted by atomic mass is 16.5. The maximum atomic E-state index is 12.9. The molecule has 0 radical (unpaired) electrons. The molecule has 1 unspecified atom stereocenters. The molecule has 1 aromatic heterocycles. The zero-order valence-corrected chi connectivity index (χ0v) is 17.5. The lowest BCUT2D eigenvalue weighted by Gasteiger charge is -2.36. The van der Waals surface area contributed by atoms with E-state index in [-0.39, 0.29) is 17.7 Å². The average Bonchev–Trinajstić information content (AvgIpc) is 3.09. The van der Waals surface area contributed by atoms with Crippen LogP contribution >= 0.6 is 0 Å². The van der Waals surface area contributed by atoms with Gasteiger partial charge in [-0.1, -0.05) is 5.16 Å². The average molecular weight is 401 g/mol. The van der Waals surface area contributed by atoms with Gasteiger partial charge in [0.1, 0.15) is 17.3 Å². The fraction of sp³-hybridized carbons (Fsp3) is 0.476. The first-order valence-corrected chi connectivity index (χ1v) is 9.59. The van der Waals surface area contributed by atoms with Gasteiger partial charge in [0.15, 0.2) is 0 Å². The largest absolute Gasteiger partial charge is 0.497 e. The zero-order valence-electron chi connectivity index (χ0n) is 17.5. The Kier molecular flexibility index (Phi) is 6.10. The summed E-state index contributed by atoms with van der Waals surface area (Å²) < 4.78 is 15.7. The summed E-state index contributed by atoms with van der Waals surface area (Å²) in [6.45, 7) is 7.44. The van der Waals surface area contributed by atoms with Crippen LogP contribution in [0.4, 0.5) is 0 Å². The van der Waals surface area contributed by atoms with E-state index in [9.17, 15) is 9.59 Å². The minimum absolute atomic E-state index is 0.0227. The first kappa shape index (κ1) is 20.7. The first-order chi connectivity index (χ1) is 13.8. The zero-order chi connectivity index (χ0) is 21.1. The number of carbonyl (C=O) groups is 2. The second-order valence-corrected chi connectivity index (χ2v) is 7.18. The Bertz CT molecular complexity index is 858. The van der Waals surface area contributed by atoms with Crippen molar-refractivity contribution in [2.24, 2.45) is 0 Å². The number of piperazine rings is 1. The van der Waals surface area contributed by atoms with E-state index < -0.39 is 0 Å². The molecule has 2 heterocycles. The van der Waals surface area contributed by atoms with Crippen LogP contribution in [0.15, 0.2) is 22.7 Å². The molecule has 0 spiro atoms. The molecule has 2 amide bonds. The number of hydrogen-bond donors (Lipinski definition) is 0. The predicted octanol–water partition coefficient (Wildman–Crippen LogP) is 2.40. The van der Waals surface area contributed by atoms with E-state index in [1.54, 1.807) is 42.2 Å². The first-order valence-electron chi connectivity index (χ1n) is 9.59. The summed E-state index contributed by atoms with van der Waals surface area (Å²) in [6.07, 6.45) is 0. The van der Waals surface area contributed by atoms with E-state index >= 15 is 0 Å². The van der Waals surface area contributed by atoms with Crippen LogP contribution in [0.1, 0.15) is 40.2 Å². The van der Waals surface area contributed by atoms with Gasteiger partial charge in [-0.05, 0) is 32.9 Å². The maximum absolute atomic E-state index is 12.9. The Labute approximate surface area is 170 Å². The van der Waals surface area contributed by atoms with Crippen molar-refractivity contribution in [3.05, 3.63) is 40.8 Å². The number of aromatic nitrogens is 1. The lowest BCUT2D eigenvalue weighted by molar-refractivity contribution is -0.133. The molecule has 1 aliphatic rings. The van der Waals surface area contributed by atoms with E-state index in [0.717, 1.165) is 11.3 Å². The minimum atomic E-state index is -0.328. The van der Waals surface area contributed by atoms with Crippen LogP contribution in [0.25, 0.3) is 0 Å². The molecular formula is C21H27N3O5. The fourth-order valence-corrected chi connectivity index (χ4v) is 3.75. The number of carbonyl (C=O) groups excluding carboxylic acids is 2. The van der Waals surface area contributed by atoms with Gasteiger partial charge in [0.05, 0.1) is 25.8 Å². The van der Waals surface area contributed by atoms with Gasteiger partial charge in [0.2, 0.25) is 5.91 Å². The molecule has 2 aromatic rings. The Morgan fingerprint density at radius 2 is 1.55 bits per heavy atom. The number of benzene rings is 1. The molecule has 3 rings (SSSR count). The standard InChI is InChI=1S/C21H27N3O5/c1-13(19-14(2)22-29-15(19)3)20(25)23-6-8-24(9-7-23)21(26)16-10-17(27-4)12-18(11-16)28-5/h10-13H,6-9H2,1-5H3. The topological polar surface area (TPSA) is 85.1 Å². The Morgan fingerprint density at radius 3 is 2.03 bits per heavy atom. The van der Waals surface area contributed by atoms with E-state index in [1.807, 2.05) is 20.8 Å². The summed E-state index contributed by atoms with van der Waals surface area (Å²) in [7, 11) is 3.10. The van der Waals surface area contributed by atoms with Crippen molar-refractivity contribution in [2.45, 2.75) is 26.7 Å². The number of hydrogen-bond acceptors (Lipinski definition) is 6. The Hall–Kier alpha value is -3.03. The highest BCUT2D eigenvalue weighted by Gasteiger charge is 2.30. The molecule has 156 valence electrons. The lowest BCUT2D eigenvalue weighted by Crippen LogP contribution is -2.51. The van der Waals surface area contributed by atoms with E-state index in [0.29, 0.717) is 49.0 Å². The molecular weight excluding hydrogens is 374 g/mol. The van der Waals surface area contributed by atoms with Crippen molar-refractivity contribution >= 4 is 11.8 Å². The number of nitrogens with zero attached hydrogens (tertiary/aromatic N) is 3. The Balaban J connectivity index is 1.66. The van der Waals surface area contributed by atoms with Crippen LogP contribution in [0, 0.1) is 13.8 Å². The van der Waals surface area contributed by atoms with E-state index in [4.69, 9.17) is 14.0 Å². The lowest BCUT2D eigenvalue weighted by atomic mass is 9.97. The van der Waals surface area contributed by atoms with Crippen LogP contribution in [-0.2, 0) is 4.79 Å². The van der Waals surface area contributed by atoms with Crippen molar-refractivity contribution in [3.8, 4) is 11.5 Å². The van der Waals surface area contributed by atoms with Crippen LogP contribution in [0.2, 0.25) is 0 Å². The number of amides is 2. The summed E-state index contributed by atoms with van der Waals surface area (Å²) in [5.74, 6) is 1.39.